The quantitative estimate of drug-likeness (QED) is 0.869. The fourth-order valence-corrected chi connectivity index (χ4v) is 2.93. The van der Waals surface area contributed by atoms with Crippen molar-refractivity contribution < 1.29 is 4.74 Å². The topological polar surface area (TPSA) is 34.2 Å². The Morgan fingerprint density at radius 3 is 3.00 bits per heavy atom. The first-order chi connectivity index (χ1) is 8.36. The monoisotopic (exact) mass is 234 g/mol. The van der Waals surface area contributed by atoms with Crippen LogP contribution in [-0.2, 0) is 0 Å². The molecule has 0 saturated heterocycles. The number of pyridine rings is 1. The van der Waals surface area contributed by atoms with Crippen LogP contribution in [0.1, 0.15) is 37.3 Å². The van der Waals surface area contributed by atoms with Crippen molar-refractivity contribution in [1.82, 2.24) is 10.3 Å². The molecule has 1 aromatic heterocycles. The highest BCUT2D eigenvalue weighted by molar-refractivity contribution is 5.30. The van der Waals surface area contributed by atoms with E-state index in [1.165, 1.54) is 25.7 Å². The molecule has 17 heavy (non-hydrogen) atoms. The average Bonchev–Trinajstić information content (AvgIpc) is 2.40. The molecule has 2 atom stereocenters. The van der Waals surface area contributed by atoms with Gasteiger partial charge in [-0.3, -0.25) is 4.98 Å². The number of nitrogens with one attached hydrogen (secondary N) is 1. The molecule has 94 valence electrons. The molecule has 1 saturated carbocycles. The van der Waals surface area contributed by atoms with Gasteiger partial charge in [-0.15, -0.1) is 0 Å². The third kappa shape index (κ3) is 2.78. The van der Waals surface area contributed by atoms with Crippen LogP contribution in [-0.4, -0.2) is 25.7 Å². The molecule has 0 bridgehead atoms. The van der Waals surface area contributed by atoms with E-state index in [1.54, 1.807) is 7.11 Å². The molecule has 2 unspecified atom stereocenters. The minimum absolute atomic E-state index is 0.548. The molecule has 1 aromatic rings. The van der Waals surface area contributed by atoms with E-state index in [-0.39, 0.29) is 0 Å². The van der Waals surface area contributed by atoms with Crippen molar-refractivity contribution in [3.63, 3.8) is 0 Å². The lowest BCUT2D eigenvalue weighted by Gasteiger charge is -2.31. The van der Waals surface area contributed by atoms with Crippen LogP contribution in [0.3, 0.4) is 0 Å². The van der Waals surface area contributed by atoms with Gasteiger partial charge in [0.05, 0.1) is 12.8 Å². The van der Waals surface area contributed by atoms with E-state index >= 15 is 0 Å². The number of rotatable bonds is 4. The van der Waals surface area contributed by atoms with Gasteiger partial charge in [0.2, 0.25) is 0 Å². The van der Waals surface area contributed by atoms with E-state index < -0.39 is 0 Å². The van der Waals surface area contributed by atoms with Crippen LogP contribution in [0.15, 0.2) is 18.3 Å². The van der Waals surface area contributed by atoms with Crippen molar-refractivity contribution in [3.05, 3.63) is 24.0 Å². The zero-order valence-corrected chi connectivity index (χ0v) is 10.8. The Morgan fingerprint density at radius 2 is 2.24 bits per heavy atom. The summed E-state index contributed by atoms with van der Waals surface area (Å²) >= 11 is 0. The second kappa shape index (κ2) is 6.01. The Hall–Kier alpha value is -1.09. The molecule has 0 amide bonds. The fraction of sp³-hybridized carbons (Fsp3) is 0.643. The van der Waals surface area contributed by atoms with Crippen molar-refractivity contribution in [2.75, 3.05) is 20.7 Å². The number of hydrogen-bond acceptors (Lipinski definition) is 3. The van der Waals surface area contributed by atoms with Gasteiger partial charge in [-0.05, 0) is 44.5 Å². The summed E-state index contributed by atoms with van der Waals surface area (Å²) in [6, 6.07) is 3.96. The van der Waals surface area contributed by atoms with Crippen LogP contribution in [0, 0.1) is 5.92 Å². The standard InChI is InChI=1S/C14H22N2O/c1-15-10-11-6-3-4-7-12(11)14-13(17-2)8-5-9-16-14/h5,8-9,11-12,15H,3-4,6-7,10H2,1-2H3. The summed E-state index contributed by atoms with van der Waals surface area (Å²) in [5, 5.41) is 3.31. The molecule has 0 radical (unpaired) electrons. The van der Waals surface area contributed by atoms with Gasteiger partial charge in [-0.2, -0.15) is 0 Å². The summed E-state index contributed by atoms with van der Waals surface area (Å²) in [7, 11) is 3.76. The molecular formula is C14H22N2O. The molecular weight excluding hydrogens is 212 g/mol. The normalized spacial score (nSPS) is 24.6. The maximum Gasteiger partial charge on any atom is 0.140 e. The smallest absolute Gasteiger partial charge is 0.140 e. The van der Waals surface area contributed by atoms with Crippen molar-refractivity contribution >= 4 is 0 Å². The highest BCUT2D eigenvalue weighted by Gasteiger charge is 2.28. The third-order valence-corrected chi connectivity index (χ3v) is 3.75. The number of hydrogen-bond donors (Lipinski definition) is 1. The molecule has 1 aliphatic carbocycles. The highest BCUT2D eigenvalue weighted by atomic mass is 16.5. The Labute approximate surface area is 104 Å². The zero-order valence-electron chi connectivity index (χ0n) is 10.8. The van der Waals surface area contributed by atoms with E-state index in [2.05, 4.69) is 10.3 Å². The van der Waals surface area contributed by atoms with Gasteiger partial charge in [0.1, 0.15) is 5.75 Å². The third-order valence-electron chi connectivity index (χ3n) is 3.75. The summed E-state index contributed by atoms with van der Waals surface area (Å²) in [4.78, 5) is 4.55. The maximum atomic E-state index is 5.44. The molecule has 1 N–H and O–H groups in total. The predicted octanol–water partition coefficient (Wildman–Crippen LogP) is 2.58. The summed E-state index contributed by atoms with van der Waals surface area (Å²) < 4.78 is 5.44. The van der Waals surface area contributed by atoms with Crippen molar-refractivity contribution in [1.29, 1.82) is 0 Å². The minimum atomic E-state index is 0.548. The minimum Gasteiger partial charge on any atom is -0.495 e. The first-order valence-electron chi connectivity index (χ1n) is 6.50. The van der Waals surface area contributed by atoms with Crippen LogP contribution in [0.2, 0.25) is 0 Å². The summed E-state index contributed by atoms with van der Waals surface area (Å²) in [6.07, 6.45) is 7.07. The van der Waals surface area contributed by atoms with E-state index in [0.29, 0.717) is 11.8 Å². The summed E-state index contributed by atoms with van der Waals surface area (Å²) in [5.41, 5.74) is 1.15. The molecule has 0 spiro atoms. The molecule has 3 nitrogen and oxygen atoms in total. The van der Waals surface area contributed by atoms with Crippen molar-refractivity contribution in [3.8, 4) is 5.75 Å². The summed E-state index contributed by atoms with van der Waals surface area (Å²) in [5.74, 6) is 2.19. The zero-order chi connectivity index (χ0) is 12.1. The number of methoxy groups -OCH3 is 1. The molecule has 0 aromatic carbocycles. The lowest BCUT2D eigenvalue weighted by atomic mass is 9.77. The van der Waals surface area contributed by atoms with Gasteiger partial charge >= 0.3 is 0 Å². The molecule has 3 heteroatoms. The Morgan fingerprint density at radius 1 is 1.41 bits per heavy atom. The van der Waals surface area contributed by atoms with Crippen LogP contribution in [0.25, 0.3) is 0 Å². The maximum absolute atomic E-state index is 5.44. The summed E-state index contributed by atoms with van der Waals surface area (Å²) in [6.45, 7) is 1.07. The second-order valence-electron chi connectivity index (χ2n) is 4.80. The van der Waals surface area contributed by atoms with Gasteiger partial charge in [0.25, 0.3) is 0 Å². The molecule has 1 aliphatic rings. The van der Waals surface area contributed by atoms with E-state index in [4.69, 9.17) is 4.74 Å². The van der Waals surface area contributed by atoms with Gasteiger partial charge < -0.3 is 10.1 Å². The molecule has 2 rings (SSSR count). The first-order valence-corrected chi connectivity index (χ1v) is 6.50. The Kier molecular flexibility index (Phi) is 4.37. The lowest BCUT2D eigenvalue weighted by molar-refractivity contribution is 0.287. The van der Waals surface area contributed by atoms with Gasteiger partial charge in [-0.25, -0.2) is 0 Å². The van der Waals surface area contributed by atoms with Crippen molar-refractivity contribution in [2.45, 2.75) is 31.6 Å². The molecule has 1 fully saturated rings. The first kappa shape index (κ1) is 12.4. The van der Waals surface area contributed by atoms with Crippen LogP contribution < -0.4 is 10.1 Å². The van der Waals surface area contributed by atoms with Gasteiger partial charge in [0, 0.05) is 12.1 Å². The SMILES string of the molecule is CNCC1CCCCC1c1ncccc1OC. The van der Waals surface area contributed by atoms with Crippen molar-refractivity contribution in [2.24, 2.45) is 5.92 Å². The van der Waals surface area contributed by atoms with Crippen LogP contribution >= 0.6 is 0 Å². The fourth-order valence-electron chi connectivity index (χ4n) is 2.93. The number of ether oxygens (including phenoxy) is 1. The highest BCUT2D eigenvalue weighted by Crippen LogP contribution is 2.39. The Bertz CT molecular complexity index is 352. The lowest BCUT2D eigenvalue weighted by Crippen LogP contribution is -2.28. The second-order valence-corrected chi connectivity index (χ2v) is 4.80. The van der Waals surface area contributed by atoms with Gasteiger partial charge in [-0.1, -0.05) is 12.8 Å². The van der Waals surface area contributed by atoms with E-state index in [0.717, 1.165) is 18.0 Å². The van der Waals surface area contributed by atoms with E-state index in [9.17, 15) is 0 Å². The molecule has 0 aliphatic heterocycles. The predicted molar refractivity (Wildman–Crippen MR) is 69.4 cm³/mol. The van der Waals surface area contributed by atoms with E-state index in [1.807, 2.05) is 25.4 Å². The van der Waals surface area contributed by atoms with Crippen LogP contribution in [0.4, 0.5) is 0 Å². The average molecular weight is 234 g/mol. The van der Waals surface area contributed by atoms with Gasteiger partial charge in [0.15, 0.2) is 0 Å². The number of aromatic nitrogens is 1. The molecule has 1 heterocycles. The largest absolute Gasteiger partial charge is 0.495 e. The number of nitrogens with zero attached hydrogens (tertiary/aromatic N) is 1. The Balaban J connectivity index is 2.22. The van der Waals surface area contributed by atoms with Crippen LogP contribution in [0.5, 0.6) is 5.75 Å².